The first-order valence-corrected chi connectivity index (χ1v) is 11.8. The lowest BCUT2D eigenvalue weighted by Gasteiger charge is -2.29. The molecule has 2 aliphatic heterocycles. The zero-order valence-corrected chi connectivity index (χ0v) is 18.3. The van der Waals surface area contributed by atoms with Crippen molar-refractivity contribution in [1.29, 1.82) is 0 Å². The molecule has 0 radical (unpaired) electrons. The number of aliphatic hydroxyl groups is 1. The number of unbranched alkanes of at least 4 members (excludes halogenated alkanes) is 6. The van der Waals surface area contributed by atoms with Gasteiger partial charge in [-0.25, -0.2) is 0 Å². The molecule has 0 aromatic rings. The Morgan fingerprint density at radius 3 is 1.81 bits per heavy atom. The van der Waals surface area contributed by atoms with E-state index in [1.165, 1.54) is 70.6 Å². The summed E-state index contributed by atoms with van der Waals surface area (Å²) in [6.07, 6.45) is 17.8. The maximum absolute atomic E-state index is 8.58. The molecule has 162 valence electrons. The molecule has 3 atom stereocenters. The van der Waals surface area contributed by atoms with Crippen molar-refractivity contribution in [1.82, 2.24) is 0 Å². The first kappa shape index (κ1) is 25.2. The van der Waals surface area contributed by atoms with Crippen LogP contribution < -0.4 is 0 Å². The molecule has 0 aromatic carbocycles. The van der Waals surface area contributed by atoms with Crippen LogP contribution in [0.25, 0.3) is 0 Å². The van der Waals surface area contributed by atoms with Crippen LogP contribution in [0.5, 0.6) is 0 Å². The monoisotopic (exact) mass is 406 g/mol. The van der Waals surface area contributed by atoms with Gasteiger partial charge in [0.1, 0.15) is 0 Å². The van der Waals surface area contributed by atoms with Gasteiger partial charge >= 0.3 is 0 Å². The molecule has 3 unspecified atom stereocenters. The molecule has 1 N–H and O–H groups in total. The molecule has 0 bridgehead atoms. The molecule has 5 heteroatoms. The van der Waals surface area contributed by atoms with Crippen molar-refractivity contribution in [2.75, 3.05) is 19.8 Å². The first-order chi connectivity index (χ1) is 13.3. The van der Waals surface area contributed by atoms with E-state index in [1.807, 2.05) is 0 Å². The Hall–Kier alpha value is 0.130. The van der Waals surface area contributed by atoms with E-state index in [1.54, 1.807) is 0 Å². The van der Waals surface area contributed by atoms with Gasteiger partial charge in [0.2, 0.25) is 0 Å². The van der Waals surface area contributed by atoms with Crippen LogP contribution in [0.2, 0.25) is 0 Å². The Labute approximate surface area is 172 Å². The number of aliphatic hydroxyl groups excluding tert-OH is 1. The third-order valence-corrected chi connectivity index (χ3v) is 5.72. The van der Waals surface area contributed by atoms with Crippen LogP contribution in [0.3, 0.4) is 0 Å². The van der Waals surface area contributed by atoms with Gasteiger partial charge in [0.15, 0.2) is 12.6 Å². The second kappa shape index (κ2) is 18.2. The van der Waals surface area contributed by atoms with E-state index in [0.717, 1.165) is 38.9 Å². The molecule has 0 spiro atoms. The number of ether oxygens (including phenoxy) is 3. The summed E-state index contributed by atoms with van der Waals surface area (Å²) < 4.78 is 16.6. The molecule has 2 aliphatic rings. The minimum absolute atomic E-state index is 0.00292. The normalized spacial score (nSPS) is 24.1. The van der Waals surface area contributed by atoms with Crippen molar-refractivity contribution >= 4 is 11.6 Å². The molecule has 2 rings (SSSR count). The number of hydrogen-bond acceptors (Lipinski definition) is 4. The van der Waals surface area contributed by atoms with Crippen LogP contribution in [-0.4, -0.2) is 42.9 Å². The summed E-state index contributed by atoms with van der Waals surface area (Å²) in [4.78, 5) is 0. The van der Waals surface area contributed by atoms with Gasteiger partial charge in [-0.3, -0.25) is 0 Å². The van der Waals surface area contributed by atoms with Crippen LogP contribution in [0.4, 0.5) is 0 Å². The fourth-order valence-corrected chi connectivity index (χ4v) is 3.53. The Balaban J connectivity index is 0.000000270. The van der Waals surface area contributed by atoms with Gasteiger partial charge in [-0.15, -0.1) is 11.6 Å². The Morgan fingerprint density at radius 1 is 0.852 bits per heavy atom. The summed E-state index contributed by atoms with van der Waals surface area (Å²) in [6, 6.07) is 0. The summed E-state index contributed by atoms with van der Waals surface area (Å²) in [5, 5.41) is 8.97. The Morgan fingerprint density at radius 2 is 1.37 bits per heavy atom. The molecule has 0 saturated carbocycles. The molecular formula is C22H43ClO4. The van der Waals surface area contributed by atoms with E-state index in [0.29, 0.717) is 12.0 Å². The zero-order valence-electron chi connectivity index (χ0n) is 17.5. The molecule has 2 fully saturated rings. The quantitative estimate of drug-likeness (QED) is 0.311. The lowest BCUT2D eigenvalue weighted by Crippen LogP contribution is -2.31. The van der Waals surface area contributed by atoms with E-state index >= 15 is 0 Å². The van der Waals surface area contributed by atoms with E-state index in [2.05, 4.69) is 6.92 Å². The highest BCUT2D eigenvalue weighted by Gasteiger charge is 2.21. The third-order valence-electron chi connectivity index (χ3n) is 5.20. The first-order valence-electron chi connectivity index (χ1n) is 11.4. The molecule has 0 aromatic heterocycles. The van der Waals surface area contributed by atoms with Crippen LogP contribution >= 0.6 is 11.6 Å². The van der Waals surface area contributed by atoms with Gasteiger partial charge in [-0.2, -0.15) is 0 Å². The summed E-state index contributed by atoms with van der Waals surface area (Å²) >= 11 is 6.02. The van der Waals surface area contributed by atoms with Gasteiger partial charge in [0, 0.05) is 25.2 Å². The van der Waals surface area contributed by atoms with E-state index < -0.39 is 0 Å². The van der Waals surface area contributed by atoms with Crippen LogP contribution in [0, 0.1) is 0 Å². The summed E-state index contributed by atoms with van der Waals surface area (Å²) in [5.74, 6) is 0. The highest BCUT2D eigenvalue weighted by Crippen LogP contribution is 2.20. The lowest BCUT2D eigenvalue weighted by molar-refractivity contribution is -0.264. The average molecular weight is 407 g/mol. The van der Waals surface area contributed by atoms with E-state index in [9.17, 15) is 0 Å². The molecule has 27 heavy (non-hydrogen) atoms. The van der Waals surface area contributed by atoms with Crippen molar-refractivity contribution in [2.45, 2.75) is 121 Å². The predicted molar refractivity (Wildman–Crippen MR) is 112 cm³/mol. The minimum atomic E-state index is -0.00292. The zero-order chi connectivity index (χ0) is 19.6. The predicted octanol–water partition coefficient (Wildman–Crippen LogP) is 6.17. The number of halogens is 1. The van der Waals surface area contributed by atoms with Crippen LogP contribution in [0.15, 0.2) is 0 Å². The standard InChI is InChI=1S/C12H25ClO.C10H18O3/c1-2-12(13)10-8-6-4-3-5-7-9-11-14;1-3-7-11-9(5-1)13-10-6-2-4-8-12-10/h12,14H,2-11H2,1H3;9-10H,1-8H2. The van der Waals surface area contributed by atoms with Gasteiger partial charge < -0.3 is 19.3 Å². The second-order valence-corrected chi connectivity index (χ2v) is 8.34. The summed E-state index contributed by atoms with van der Waals surface area (Å²) in [7, 11) is 0. The van der Waals surface area contributed by atoms with Gasteiger partial charge in [0.05, 0.1) is 0 Å². The van der Waals surface area contributed by atoms with Crippen molar-refractivity contribution < 1.29 is 19.3 Å². The Kier molecular flexibility index (Phi) is 16.9. The van der Waals surface area contributed by atoms with Crippen molar-refractivity contribution in [3.05, 3.63) is 0 Å². The number of alkyl halides is 1. The Bertz CT molecular complexity index is 289. The smallest absolute Gasteiger partial charge is 0.160 e. The fourth-order valence-electron chi connectivity index (χ4n) is 3.37. The molecule has 0 amide bonds. The molecule has 0 aliphatic carbocycles. The molecule has 2 heterocycles. The highest BCUT2D eigenvalue weighted by atomic mass is 35.5. The SMILES string of the molecule is C1CCC(OC2CCCCO2)OC1.CCC(Cl)CCCCCCCCCO. The third kappa shape index (κ3) is 14.7. The largest absolute Gasteiger partial charge is 0.396 e. The van der Waals surface area contributed by atoms with Gasteiger partial charge in [-0.05, 0) is 57.8 Å². The number of hydrogen-bond donors (Lipinski definition) is 1. The molecule has 4 nitrogen and oxygen atoms in total. The second-order valence-electron chi connectivity index (χ2n) is 7.72. The number of rotatable bonds is 12. The molecular weight excluding hydrogens is 364 g/mol. The van der Waals surface area contributed by atoms with Crippen molar-refractivity contribution in [3.8, 4) is 0 Å². The van der Waals surface area contributed by atoms with Crippen LogP contribution in [-0.2, 0) is 14.2 Å². The topological polar surface area (TPSA) is 47.9 Å². The highest BCUT2D eigenvalue weighted by molar-refractivity contribution is 6.20. The van der Waals surface area contributed by atoms with Crippen LogP contribution in [0.1, 0.15) is 103 Å². The van der Waals surface area contributed by atoms with E-state index in [-0.39, 0.29) is 12.6 Å². The maximum Gasteiger partial charge on any atom is 0.160 e. The maximum atomic E-state index is 8.58. The average Bonchev–Trinajstić information content (AvgIpc) is 2.72. The van der Waals surface area contributed by atoms with Gasteiger partial charge in [0.25, 0.3) is 0 Å². The fraction of sp³-hybridized carbons (Fsp3) is 1.00. The van der Waals surface area contributed by atoms with Crippen molar-refractivity contribution in [2.24, 2.45) is 0 Å². The van der Waals surface area contributed by atoms with E-state index in [4.69, 9.17) is 30.9 Å². The van der Waals surface area contributed by atoms with Crippen molar-refractivity contribution in [3.63, 3.8) is 0 Å². The lowest BCUT2D eigenvalue weighted by atomic mass is 10.1. The summed E-state index contributed by atoms with van der Waals surface area (Å²) in [5.41, 5.74) is 0. The van der Waals surface area contributed by atoms with Gasteiger partial charge in [-0.1, -0.05) is 45.4 Å². The molecule has 2 saturated heterocycles. The minimum Gasteiger partial charge on any atom is -0.396 e. The summed E-state index contributed by atoms with van der Waals surface area (Å²) in [6.45, 7) is 4.19.